The summed E-state index contributed by atoms with van der Waals surface area (Å²) in [5.41, 5.74) is 1.30. The SMILES string of the molecule is CCCOc1ccc(CN2C(=O)NC(=O)/C(=C\c3cc(Cl)c(OS(=O)(=O)c4ccc(C)cc4)c(OC)c3)C2=O)cc1OCC. The first-order valence-corrected chi connectivity index (χ1v) is 15.4. The Bertz CT molecular complexity index is 1720. The molecule has 44 heavy (non-hydrogen) atoms. The molecule has 11 nitrogen and oxygen atoms in total. The van der Waals surface area contributed by atoms with Gasteiger partial charge in [-0.25, -0.2) is 4.79 Å². The number of carbonyl (C=O) groups is 3. The third-order valence-corrected chi connectivity index (χ3v) is 7.88. The quantitative estimate of drug-likeness (QED) is 0.159. The van der Waals surface area contributed by atoms with E-state index in [0.717, 1.165) is 16.9 Å². The first-order valence-electron chi connectivity index (χ1n) is 13.6. The molecule has 1 N–H and O–H groups in total. The van der Waals surface area contributed by atoms with Gasteiger partial charge in [0.2, 0.25) is 5.75 Å². The molecule has 0 radical (unpaired) electrons. The number of ether oxygens (including phenoxy) is 3. The number of nitrogens with zero attached hydrogens (tertiary/aromatic N) is 1. The standard InChI is InChI=1S/C31H31ClN2O9S/c1-5-13-42-25-12-9-20(16-26(25)41-6-2)18-34-30(36)23(29(35)33-31(34)37)14-21-15-24(32)28(27(17-21)40-4)43-44(38,39)22-10-7-19(3)8-11-22/h7-12,14-17H,5-6,13,18H2,1-4H3,(H,33,35,37)/b23-14+. The third-order valence-electron chi connectivity index (χ3n) is 6.36. The highest BCUT2D eigenvalue weighted by molar-refractivity contribution is 7.87. The Morgan fingerprint density at radius 1 is 0.932 bits per heavy atom. The van der Waals surface area contributed by atoms with Crippen molar-refractivity contribution in [3.05, 3.63) is 81.9 Å². The zero-order valence-corrected chi connectivity index (χ0v) is 26.1. The Morgan fingerprint density at radius 3 is 2.32 bits per heavy atom. The zero-order valence-electron chi connectivity index (χ0n) is 24.5. The molecule has 0 saturated carbocycles. The molecule has 1 fully saturated rings. The van der Waals surface area contributed by atoms with Crippen molar-refractivity contribution < 1.29 is 41.2 Å². The number of barbiturate groups is 1. The molecule has 0 atom stereocenters. The van der Waals surface area contributed by atoms with Crippen LogP contribution in [0.1, 0.15) is 37.0 Å². The maximum absolute atomic E-state index is 13.4. The number of halogens is 1. The molecule has 1 saturated heterocycles. The van der Waals surface area contributed by atoms with E-state index in [4.69, 9.17) is 30.0 Å². The minimum atomic E-state index is -4.26. The van der Waals surface area contributed by atoms with Gasteiger partial charge in [0.25, 0.3) is 11.8 Å². The number of nitrogens with one attached hydrogen (secondary N) is 1. The average Bonchev–Trinajstić information content (AvgIpc) is 2.98. The van der Waals surface area contributed by atoms with E-state index < -0.39 is 28.0 Å². The van der Waals surface area contributed by atoms with Gasteiger partial charge in [0.1, 0.15) is 10.5 Å². The van der Waals surface area contributed by atoms with E-state index in [2.05, 4.69) is 5.32 Å². The average molecular weight is 643 g/mol. The van der Waals surface area contributed by atoms with Crippen LogP contribution in [0.5, 0.6) is 23.0 Å². The van der Waals surface area contributed by atoms with Gasteiger partial charge in [0.15, 0.2) is 17.2 Å². The third kappa shape index (κ3) is 7.32. The summed E-state index contributed by atoms with van der Waals surface area (Å²) in [6.45, 7) is 6.33. The van der Waals surface area contributed by atoms with Gasteiger partial charge in [-0.1, -0.05) is 42.3 Å². The van der Waals surface area contributed by atoms with Gasteiger partial charge in [-0.15, -0.1) is 0 Å². The predicted octanol–water partition coefficient (Wildman–Crippen LogP) is 5.27. The highest BCUT2D eigenvalue weighted by Gasteiger charge is 2.36. The number of imide groups is 2. The normalized spacial score (nSPS) is 14.4. The summed E-state index contributed by atoms with van der Waals surface area (Å²) >= 11 is 6.40. The summed E-state index contributed by atoms with van der Waals surface area (Å²) in [5.74, 6) is -1.10. The molecule has 0 aromatic heterocycles. The van der Waals surface area contributed by atoms with Crippen LogP contribution in [0, 0.1) is 6.92 Å². The minimum Gasteiger partial charge on any atom is -0.493 e. The van der Waals surface area contributed by atoms with Gasteiger partial charge in [0.05, 0.1) is 31.9 Å². The maximum Gasteiger partial charge on any atom is 0.339 e. The Labute approximate surface area is 260 Å². The molecule has 0 spiro atoms. The lowest BCUT2D eigenvalue weighted by Crippen LogP contribution is -2.53. The molecule has 0 bridgehead atoms. The Morgan fingerprint density at radius 2 is 1.66 bits per heavy atom. The van der Waals surface area contributed by atoms with Crippen LogP contribution in [0.4, 0.5) is 4.79 Å². The van der Waals surface area contributed by atoms with Gasteiger partial charge in [-0.3, -0.25) is 19.8 Å². The second kappa shape index (κ2) is 13.8. The lowest BCUT2D eigenvalue weighted by molar-refractivity contribution is -0.130. The number of rotatable bonds is 12. The van der Waals surface area contributed by atoms with Crippen molar-refractivity contribution in [2.45, 2.75) is 38.6 Å². The van der Waals surface area contributed by atoms with Crippen LogP contribution < -0.4 is 23.7 Å². The van der Waals surface area contributed by atoms with Crippen LogP contribution in [0.2, 0.25) is 5.02 Å². The van der Waals surface area contributed by atoms with E-state index in [0.29, 0.717) is 30.3 Å². The van der Waals surface area contributed by atoms with Gasteiger partial charge in [-0.2, -0.15) is 8.42 Å². The first-order chi connectivity index (χ1) is 21.0. The number of hydrogen-bond acceptors (Lipinski definition) is 9. The summed E-state index contributed by atoms with van der Waals surface area (Å²) in [6, 6.07) is 12.9. The Hall–Kier alpha value is -4.55. The smallest absolute Gasteiger partial charge is 0.339 e. The van der Waals surface area contributed by atoms with Crippen LogP contribution in [-0.2, 0) is 26.3 Å². The molecule has 3 aromatic rings. The fraction of sp³-hybridized carbons (Fsp3) is 0.258. The summed E-state index contributed by atoms with van der Waals surface area (Å²) in [4.78, 5) is 39.6. The van der Waals surface area contributed by atoms with Gasteiger partial charge in [-0.05, 0) is 73.9 Å². The lowest BCUT2D eigenvalue weighted by atomic mass is 10.1. The van der Waals surface area contributed by atoms with Crippen LogP contribution in [-0.4, -0.2) is 51.5 Å². The molecular formula is C31H31ClN2O9S. The molecule has 13 heteroatoms. The van der Waals surface area contributed by atoms with E-state index in [-0.39, 0.29) is 39.1 Å². The van der Waals surface area contributed by atoms with Crippen molar-refractivity contribution in [1.82, 2.24) is 10.2 Å². The van der Waals surface area contributed by atoms with E-state index >= 15 is 0 Å². The Kier molecular flexibility index (Phi) is 10.2. The van der Waals surface area contributed by atoms with Crippen molar-refractivity contribution in [2.75, 3.05) is 20.3 Å². The zero-order chi connectivity index (χ0) is 32.0. The van der Waals surface area contributed by atoms with E-state index in [1.165, 1.54) is 37.5 Å². The highest BCUT2D eigenvalue weighted by atomic mass is 35.5. The summed E-state index contributed by atoms with van der Waals surface area (Å²) < 4.78 is 47.7. The number of aryl methyl sites for hydroxylation is 1. The van der Waals surface area contributed by atoms with E-state index in [9.17, 15) is 22.8 Å². The molecule has 4 amide bonds. The van der Waals surface area contributed by atoms with Crippen LogP contribution in [0.25, 0.3) is 6.08 Å². The predicted molar refractivity (Wildman–Crippen MR) is 162 cm³/mol. The van der Waals surface area contributed by atoms with E-state index in [1.807, 2.05) is 20.8 Å². The second-order valence-electron chi connectivity index (χ2n) is 9.66. The number of urea groups is 1. The number of methoxy groups -OCH3 is 1. The lowest BCUT2D eigenvalue weighted by Gasteiger charge is -2.26. The van der Waals surface area contributed by atoms with Crippen molar-refractivity contribution in [1.29, 1.82) is 0 Å². The number of carbonyl (C=O) groups excluding carboxylic acids is 3. The van der Waals surface area contributed by atoms with Crippen molar-refractivity contribution in [2.24, 2.45) is 0 Å². The largest absolute Gasteiger partial charge is 0.493 e. The second-order valence-corrected chi connectivity index (χ2v) is 11.6. The van der Waals surface area contributed by atoms with Crippen LogP contribution >= 0.6 is 11.6 Å². The molecule has 1 aliphatic rings. The first kappa shape index (κ1) is 32.4. The van der Waals surface area contributed by atoms with Gasteiger partial charge in [0, 0.05) is 0 Å². The molecular weight excluding hydrogens is 612 g/mol. The molecule has 1 aliphatic heterocycles. The van der Waals surface area contributed by atoms with E-state index in [1.54, 1.807) is 30.3 Å². The molecule has 232 valence electrons. The molecule has 0 aliphatic carbocycles. The maximum atomic E-state index is 13.4. The monoisotopic (exact) mass is 642 g/mol. The van der Waals surface area contributed by atoms with Gasteiger partial charge >= 0.3 is 16.1 Å². The molecule has 4 rings (SSSR count). The Balaban J connectivity index is 1.62. The van der Waals surface area contributed by atoms with Crippen molar-refractivity contribution in [3.8, 4) is 23.0 Å². The summed E-state index contributed by atoms with van der Waals surface area (Å²) in [7, 11) is -2.98. The number of amides is 4. The molecule has 0 unspecified atom stereocenters. The fourth-order valence-corrected chi connectivity index (χ4v) is 5.46. The van der Waals surface area contributed by atoms with Crippen LogP contribution in [0.15, 0.2) is 65.1 Å². The molecule has 1 heterocycles. The van der Waals surface area contributed by atoms with Crippen molar-refractivity contribution >= 4 is 45.6 Å². The number of hydrogen-bond donors (Lipinski definition) is 1. The van der Waals surface area contributed by atoms with Gasteiger partial charge < -0.3 is 18.4 Å². The number of benzene rings is 3. The fourth-order valence-electron chi connectivity index (χ4n) is 4.20. The topological polar surface area (TPSA) is 138 Å². The minimum absolute atomic E-state index is 0.0644. The highest BCUT2D eigenvalue weighted by Crippen LogP contribution is 2.39. The van der Waals surface area contributed by atoms with Crippen LogP contribution in [0.3, 0.4) is 0 Å². The summed E-state index contributed by atoms with van der Waals surface area (Å²) in [5, 5.41) is 2.02. The summed E-state index contributed by atoms with van der Waals surface area (Å²) in [6.07, 6.45) is 2.02. The molecule has 3 aromatic carbocycles. The van der Waals surface area contributed by atoms with Crippen molar-refractivity contribution in [3.63, 3.8) is 0 Å².